The molecule has 0 atom stereocenters. The number of nitrogens with zero attached hydrogens (tertiary/aromatic N) is 1. The van der Waals surface area contributed by atoms with Crippen LogP contribution in [0, 0.1) is 11.8 Å². The Balaban J connectivity index is 0.00000254. The number of hydrogen-bond acceptors (Lipinski definition) is 2. The van der Waals surface area contributed by atoms with E-state index in [0.29, 0.717) is 6.04 Å². The molecule has 1 fully saturated rings. The summed E-state index contributed by atoms with van der Waals surface area (Å²) in [4.78, 5) is 2.62. The molecule has 0 amide bonds. The first-order chi connectivity index (χ1) is 11.2. The molecular weight excluding hydrogens is 292 g/mol. The van der Waals surface area contributed by atoms with Crippen LogP contribution in [0.4, 0.5) is 0 Å². The van der Waals surface area contributed by atoms with Crippen molar-refractivity contribution in [1.29, 1.82) is 0 Å². The predicted molar refractivity (Wildman–Crippen MR) is 110 cm³/mol. The zero-order chi connectivity index (χ0) is 18.8. The zero-order valence-corrected chi connectivity index (χ0v) is 18.0. The van der Waals surface area contributed by atoms with E-state index in [1.54, 1.807) is 0 Å². The van der Waals surface area contributed by atoms with E-state index in [0.717, 1.165) is 17.5 Å². The van der Waals surface area contributed by atoms with E-state index in [2.05, 4.69) is 58.3 Å². The van der Waals surface area contributed by atoms with E-state index in [4.69, 9.17) is 0 Å². The van der Waals surface area contributed by atoms with Gasteiger partial charge in [0.05, 0.1) is 5.54 Å². The molecule has 0 aromatic rings. The molecule has 0 aromatic heterocycles. The maximum atomic E-state index is 4.29. The fraction of sp³-hybridized carbons (Fsp3) is 0.909. The number of hydrogen-bond donors (Lipinski definition) is 1. The van der Waals surface area contributed by atoms with Gasteiger partial charge >= 0.3 is 0 Å². The summed E-state index contributed by atoms with van der Waals surface area (Å²) in [5.41, 5.74) is 1.23. The Hall–Kier alpha value is -0.500. The standard InChI is InChI=1S/C20H40N2.C2H6/c1-16(2)10-8-9-11-19-12-14-22(15-13-19)20(6,7)18(5)21-17(3)4;1-2/h16-17,19,21H,5,8-15H2,1-4,6-7H3;1-2H3. The van der Waals surface area contributed by atoms with Gasteiger partial charge in [0.25, 0.3) is 0 Å². The minimum atomic E-state index is 0.0624. The first kappa shape index (κ1) is 23.5. The summed E-state index contributed by atoms with van der Waals surface area (Å²) < 4.78 is 0. The van der Waals surface area contributed by atoms with Crippen LogP contribution in [-0.4, -0.2) is 29.6 Å². The third kappa shape index (κ3) is 8.55. The van der Waals surface area contributed by atoms with Gasteiger partial charge < -0.3 is 5.32 Å². The number of likely N-dealkylation sites (tertiary alicyclic amines) is 1. The van der Waals surface area contributed by atoms with Gasteiger partial charge in [0.2, 0.25) is 0 Å². The number of rotatable bonds is 9. The van der Waals surface area contributed by atoms with Gasteiger partial charge in [0.15, 0.2) is 0 Å². The van der Waals surface area contributed by atoms with Crippen molar-refractivity contribution in [3.63, 3.8) is 0 Å². The smallest absolute Gasteiger partial charge is 0.0544 e. The molecule has 0 unspecified atom stereocenters. The quantitative estimate of drug-likeness (QED) is 0.501. The molecule has 0 aromatic carbocycles. The highest BCUT2D eigenvalue weighted by Gasteiger charge is 2.32. The minimum absolute atomic E-state index is 0.0624. The topological polar surface area (TPSA) is 15.3 Å². The van der Waals surface area contributed by atoms with Crippen molar-refractivity contribution in [1.82, 2.24) is 10.2 Å². The van der Waals surface area contributed by atoms with Crippen LogP contribution in [0.1, 0.15) is 93.9 Å². The maximum absolute atomic E-state index is 4.29. The van der Waals surface area contributed by atoms with Gasteiger partial charge in [-0.1, -0.05) is 60.0 Å². The normalized spacial score (nSPS) is 16.9. The van der Waals surface area contributed by atoms with Gasteiger partial charge in [-0.15, -0.1) is 0 Å². The highest BCUT2D eigenvalue weighted by molar-refractivity contribution is 5.12. The molecular formula is C22H46N2. The van der Waals surface area contributed by atoms with E-state index in [1.807, 2.05) is 13.8 Å². The molecule has 1 N–H and O–H groups in total. The lowest BCUT2D eigenvalue weighted by molar-refractivity contribution is 0.0903. The van der Waals surface area contributed by atoms with Crippen LogP contribution < -0.4 is 5.32 Å². The fourth-order valence-corrected chi connectivity index (χ4v) is 3.48. The second kappa shape index (κ2) is 12.0. The van der Waals surface area contributed by atoms with Gasteiger partial charge in [0, 0.05) is 11.7 Å². The summed E-state index contributed by atoms with van der Waals surface area (Å²) in [5.74, 6) is 1.81. The Kier molecular flexibility index (Phi) is 11.7. The predicted octanol–water partition coefficient (Wildman–Crippen LogP) is 6.23. The molecule has 0 spiro atoms. The molecule has 0 aliphatic carbocycles. The highest BCUT2D eigenvalue weighted by atomic mass is 15.2. The zero-order valence-electron chi connectivity index (χ0n) is 18.0. The number of piperidine rings is 1. The van der Waals surface area contributed by atoms with Crippen molar-refractivity contribution in [2.45, 2.75) is 105 Å². The van der Waals surface area contributed by atoms with Crippen LogP contribution in [-0.2, 0) is 0 Å². The van der Waals surface area contributed by atoms with Crippen LogP contribution in [0.25, 0.3) is 0 Å². The Bertz CT molecular complexity index is 323. The van der Waals surface area contributed by atoms with Crippen LogP contribution in [0.3, 0.4) is 0 Å². The monoisotopic (exact) mass is 338 g/mol. The largest absolute Gasteiger partial charge is 0.385 e. The molecule has 2 heteroatoms. The first-order valence-corrected chi connectivity index (χ1v) is 10.4. The molecule has 1 rings (SSSR count). The van der Waals surface area contributed by atoms with Gasteiger partial charge in [-0.05, 0) is 65.5 Å². The van der Waals surface area contributed by atoms with Crippen molar-refractivity contribution in [3.05, 3.63) is 12.3 Å². The second-order valence-corrected chi connectivity index (χ2v) is 8.45. The molecule has 1 aliphatic heterocycles. The minimum Gasteiger partial charge on any atom is -0.385 e. The molecule has 1 heterocycles. The molecule has 144 valence electrons. The Morgan fingerprint density at radius 2 is 1.62 bits per heavy atom. The summed E-state index contributed by atoms with van der Waals surface area (Å²) in [5, 5.41) is 3.51. The van der Waals surface area contributed by atoms with E-state index in [-0.39, 0.29) is 5.54 Å². The van der Waals surface area contributed by atoms with Crippen molar-refractivity contribution >= 4 is 0 Å². The van der Waals surface area contributed by atoms with Crippen LogP contribution >= 0.6 is 0 Å². The highest BCUT2D eigenvalue weighted by Crippen LogP contribution is 2.30. The van der Waals surface area contributed by atoms with E-state index in [9.17, 15) is 0 Å². The van der Waals surface area contributed by atoms with Gasteiger partial charge in [-0.25, -0.2) is 0 Å². The Morgan fingerprint density at radius 1 is 1.08 bits per heavy atom. The van der Waals surface area contributed by atoms with E-state index < -0.39 is 0 Å². The summed E-state index contributed by atoms with van der Waals surface area (Å²) in [7, 11) is 0. The lowest BCUT2D eigenvalue weighted by Gasteiger charge is -2.44. The Morgan fingerprint density at radius 3 is 2.08 bits per heavy atom. The number of nitrogens with one attached hydrogen (secondary N) is 1. The average molecular weight is 339 g/mol. The van der Waals surface area contributed by atoms with Crippen molar-refractivity contribution in [3.8, 4) is 0 Å². The third-order valence-corrected chi connectivity index (χ3v) is 5.25. The lowest BCUT2D eigenvalue weighted by Crippen LogP contribution is -2.52. The fourth-order valence-electron chi connectivity index (χ4n) is 3.48. The molecule has 0 bridgehead atoms. The summed E-state index contributed by atoms with van der Waals surface area (Å²) in [6.45, 7) is 24.4. The molecule has 1 saturated heterocycles. The van der Waals surface area contributed by atoms with E-state index >= 15 is 0 Å². The Labute approximate surface area is 153 Å². The van der Waals surface area contributed by atoms with Gasteiger partial charge in [-0.2, -0.15) is 0 Å². The van der Waals surface area contributed by atoms with Gasteiger partial charge in [0.1, 0.15) is 0 Å². The lowest BCUT2D eigenvalue weighted by atomic mass is 9.87. The van der Waals surface area contributed by atoms with Crippen molar-refractivity contribution < 1.29 is 0 Å². The second-order valence-electron chi connectivity index (χ2n) is 8.45. The molecule has 0 saturated carbocycles. The number of unbranched alkanes of at least 4 members (excludes halogenated alkanes) is 1. The molecule has 24 heavy (non-hydrogen) atoms. The van der Waals surface area contributed by atoms with Crippen LogP contribution in [0.2, 0.25) is 0 Å². The molecule has 0 radical (unpaired) electrons. The summed E-state index contributed by atoms with van der Waals surface area (Å²) >= 11 is 0. The van der Waals surface area contributed by atoms with E-state index in [1.165, 1.54) is 51.6 Å². The van der Waals surface area contributed by atoms with Gasteiger partial charge in [-0.3, -0.25) is 4.90 Å². The molecule has 1 aliphatic rings. The maximum Gasteiger partial charge on any atom is 0.0544 e. The first-order valence-electron chi connectivity index (χ1n) is 10.4. The average Bonchev–Trinajstić information content (AvgIpc) is 2.53. The molecule has 2 nitrogen and oxygen atoms in total. The van der Waals surface area contributed by atoms with Crippen molar-refractivity contribution in [2.75, 3.05) is 13.1 Å². The SMILES string of the molecule is C=C(NC(C)C)C(C)(C)N1CCC(CCCCC(C)C)CC1.CC. The van der Waals surface area contributed by atoms with Crippen LogP contribution in [0.15, 0.2) is 12.3 Å². The van der Waals surface area contributed by atoms with Crippen molar-refractivity contribution in [2.24, 2.45) is 11.8 Å². The third-order valence-electron chi connectivity index (χ3n) is 5.25. The van der Waals surface area contributed by atoms with Crippen LogP contribution in [0.5, 0.6) is 0 Å². The summed E-state index contributed by atoms with van der Waals surface area (Å²) in [6.07, 6.45) is 8.39. The summed E-state index contributed by atoms with van der Waals surface area (Å²) in [6, 6.07) is 0.463.